The third kappa shape index (κ3) is 2.92. The molecule has 0 aliphatic carbocycles. The minimum Gasteiger partial charge on any atom is -0.292 e. The van der Waals surface area contributed by atoms with Crippen molar-refractivity contribution in [1.29, 1.82) is 0 Å². The van der Waals surface area contributed by atoms with Crippen LogP contribution in [0.3, 0.4) is 0 Å². The third-order valence-corrected chi connectivity index (χ3v) is 5.80. The quantitative estimate of drug-likeness (QED) is 0.283. The number of para-hydroxylation sites is 1. The summed E-state index contributed by atoms with van der Waals surface area (Å²) in [5.41, 5.74) is 4.45. The minimum atomic E-state index is 0.923. The molecule has 0 aliphatic heterocycles. The maximum absolute atomic E-state index is 5.16. The Kier molecular flexibility index (Phi) is 4.14. The number of aromatic nitrogens is 2. The van der Waals surface area contributed by atoms with Gasteiger partial charge in [-0.15, -0.1) is 0 Å². The summed E-state index contributed by atoms with van der Waals surface area (Å²) in [4.78, 5) is 5.16. The van der Waals surface area contributed by atoms with Crippen LogP contribution in [0, 0.1) is 0 Å². The number of imidazole rings is 1. The zero-order valence-electron chi connectivity index (χ0n) is 16.9. The van der Waals surface area contributed by atoms with Gasteiger partial charge in [-0.05, 0) is 34.5 Å². The van der Waals surface area contributed by atoms with E-state index in [1.807, 2.05) is 6.07 Å². The highest BCUT2D eigenvalue weighted by atomic mass is 15.1. The van der Waals surface area contributed by atoms with Gasteiger partial charge in [0.25, 0.3) is 0 Å². The predicted octanol–water partition coefficient (Wildman–Crippen LogP) is 7.50. The highest BCUT2D eigenvalue weighted by molar-refractivity contribution is 6.23. The van der Waals surface area contributed by atoms with E-state index in [1.165, 1.54) is 21.5 Å². The highest BCUT2D eigenvalue weighted by Crippen LogP contribution is 2.36. The summed E-state index contributed by atoms with van der Waals surface area (Å²) >= 11 is 0. The molecule has 2 heteroatoms. The molecule has 1 aromatic heterocycles. The van der Waals surface area contributed by atoms with Gasteiger partial charge in [0.2, 0.25) is 0 Å². The fraction of sp³-hybridized carbons (Fsp3) is 0. The summed E-state index contributed by atoms with van der Waals surface area (Å²) in [7, 11) is 0. The topological polar surface area (TPSA) is 17.8 Å². The summed E-state index contributed by atoms with van der Waals surface area (Å²) in [5, 5.41) is 4.88. The van der Waals surface area contributed by atoms with Crippen LogP contribution in [0.4, 0.5) is 0 Å². The van der Waals surface area contributed by atoms with Crippen molar-refractivity contribution < 1.29 is 0 Å². The van der Waals surface area contributed by atoms with E-state index >= 15 is 0 Å². The molecule has 0 saturated heterocycles. The van der Waals surface area contributed by atoms with Gasteiger partial charge in [-0.1, -0.05) is 103 Å². The molecule has 0 fully saturated rings. The fourth-order valence-electron chi connectivity index (χ4n) is 4.41. The molecule has 2 nitrogen and oxygen atoms in total. The molecule has 0 unspecified atom stereocenters. The van der Waals surface area contributed by atoms with Crippen LogP contribution < -0.4 is 0 Å². The van der Waals surface area contributed by atoms with Gasteiger partial charge in [0.1, 0.15) is 5.82 Å². The van der Waals surface area contributed by atoms with E-state index in [0.717, 1.165) is 28.1 Å². The van der Waals surface area contributed by atoms with Gasteiger partial charge in [0.05, 0.1) is 11.0 Å². The molecule has 6 rings (SSSR count). The summed E-state index contributed by atoms with van der Waals surface area (Å²) in [6.45, 7) is 0. The first-order valence-corrected chi connectivity index (χ1v) is 10.5. The van der Waals surface area contributed by atoms with E-state index in [-0.39, 0.29) is 0 Å². The molecule has 6 aromatic rings. The van der Waals surface area contributed by atoms with E-state index < -0.39 is 0 Å². The maximum Gasteiger partial charge on any atom is 0.138 e. The number of benzene rings is 5. The second kappa shape index (κ2) is 7.26. The van der Waals surface area contributed by atoms with Crippen molar-refractivity contribution >= 4 is 44.7 Å². The Morgan fingerprint density at radius 1 is 0.516 bits per heavy atom. The van der Waals surface area contributed by atoms with Gasteiger partial charge in [-0.2, -0.15) is 0 Å². The first kappa shape index (κ1) is 17.7. The Balaban J connectivity index is 1.75. The van der Waals surface area contributed by atoms with Gasteiger partial charge in [0.15, 0.2) is 0 Å². The Morgan fingerprint density at radius 2 is 1.06 bits per heavy atom. The molecule has 0 aliphatic rings. The van der Waals surface area contributed by atoms with Crippen LogP contribution in [-0.2, 0) is 0 Å². The minimum absolute atomic E-state index is 0.923. The molecule has 0 N–H and O–H groups in total. The average Bonchev–Trinajstić information content (AvgIpc) is 3.24. The number of nitrogens with zero attached hydrogens (tertiary/aromatic N) is 2. The lowest BCUT2D eigenvalue weighted by Gasteiger charge is -2.11. The third-order valence-electron chi connectivity index (χ3n) is 5.80. The predicted molar refractivity (Wildman–Crippen MR) is 131 cm³/mol. The molecule has 1 heterocycles. The van der Waals surface area contributed by atoms with Crippen molar-refractivity contribution in [2.75, 3.05) is 0 Å². The van der Waals surface area contributed by atoms with Gasteiger partial charge in [0, 0.05) is 16.5 Å². The van der Waals surface area contributed by atoms with E-state index in [2.05, 4.69) is 120 Å². The molecule has 0 atom stereocenters. The lowest BCUT2D eigenvalue weighted by Crippen LogP contribution is -1.97. The molecule has 0 spiro atoms. The second-order valence-corrected chi connectivity index (χ2v) is 7.67. The van der Waals surface area contributed by atoms with Crippen molar-refractivity contribution in [3.8, 4) is 5.69 Å². The molecule has 5 aromatic carbocycles. The fourth-order valence-corrected chi connectivity index (χ4v) is 4.41. The zero-order chi connectivity index (χ0) is 20.6. The van der Waals surface area contributed by atoms with E-state index in [0.29, 0.717) is 0 Å². The molecule has 146 valence electrons. The van der Waals surface area contributed by atoms with Gasteiger partial charge >= 0.3 is 0 Å². The van der Waals surface area contributed by atoms with Crippen LogP contribution in [0.1, 0.15) is 11.4 Å². The number of hydrogen-bond donors (Lipinski definition) is 0. The molecule has 0 amide bonds. The van der Waals surface area contributed by atoms with Crippen LogP contribution in [0.15, 0.2) is 109 Å². The lowest BCUT2D eigenvalue weighted by molar-refractivity contribution is 1.07. The average molecular weight is 396 g/mol. The van der Waals surface area contributed by atoms with Crippen LogP contribution >= 0.6 is 0 Å². The zero-order valence-corrected chi connectivity index (χ0v) is 16.9. The van der Waals surface area contributed by atoms with E-state index in [4.69, 9.17) is 4.98 Å². The van der Waals surface area contributed by atoms with Crippen LogP contribution in [0.2, 0.25) is 0 Å². The number of hydrogen-bond acceptors (Lipinski definition) is 1. The number of fused-ring (bicyclic) bond motifs is 6. The SMILES string of the molecule is C(=C\c1nc2c3ccccc3c3ccccc3c2n1-c1ccccc1)/c1ccccc1. The van der Waals surface area contributed by atoms with Crippen molar-refractivity contribution in [2.24, 2.45) is 0 Å². The summed E-state index contributed by atoms with van der Waals surface area (Å²) in [6, 6.07) is 38.1. The van der Waals surface area contributed by atoms with E-state index in [1.54, 1.807) is 0 Å². The van der Waals surface area contributed by atoms with Crippen LogP contribution in [0.25, 0.3) is 50.4 Å². The Hall–Kier alpha value is -4.17. The molecular formula is C29H20N2. The Morgan fingerprint density at radius 3 is 1.77 bits per heavy atom. The van der Waals surface area contributed by atoms with Crippen LogP contribution in [-0.4, -0.2) is 9.55 Å². The molecule has 0 bridgehead atoms. The van der Waals surface area contributed by atoms with Crippen molar-refractivity contribution in [3.05, 3.63) is 121 Å². The Labute approximate surface area is 180 Å². The van der Waals surface area contributed by atoms with Gasteiger partial charge in [-0.3, -0.25) is 4.57 Å². The molecule has 31 heavy (non-hydrogen) atoms. The normalized spacial score (nSPS) is 11.7. The highest BCUT2D eigenvalue weighted by Gasteiger charge is 2.17. The lowest BCUT2D eigenvalue weighted by atomic mass is 10.00. The van der Waals surface area contributed by atoms with Crippen molar-refractivity contribution in [2.45, 2.75) is 0 Å². The van der Waals surface area contributed by atoms with Crippen LogP contribution in [0.5, 0.6) is 0 Å². The summed E-state index contributed by atoms with van der Waals surface area (Å²) < 4.78 is 2.28. The smallest absolute Gasteiger partial charge is 0.138 e. The first-order valence-electron chi connectivity index (χ1n) is 10.5. The maximum atomic E-state index is 5.16. The van der Waals surface area contributed by atoms with Gasteiger partial charge < -0.3 is 0 Å². The Bertz CT molecular complexity index is 1560. The molecule has 0 saturated carbocycles. The second-order valence-electron chi connectivity index (χ2n) is 7.67. The largest absolute Gasteiger partial charge is 0.292 e. The van der Waals surface area contributed by atoms with E-state index in [9.17, 15) is 0 Å². The van der Waals surface area contributed by atoms with Gasteiger partial charge in [-0.25, -0.2) is 4.98 Å². The van der Waals surface area contributed by atoms with Crippen molar-refractivity contribution in [3.63, 3.8) is 0 Å². The standard InChI is InChI=1S/C29H20N2/c1-3-11-21(12-4-1)19-20-27-30-28-25-17-9-7-15-23(25)24-16-8-10-18-26(24)29(28)31(27)22-13-5-2-6-14-22/h1-20H/b20-19+. The number of rotatable bonds is 3. The molecule has 0 radical (unpaired) electrons. The monoisotopic (exact) mass is 396 g/mol. The summed E-state index contributed by atoms with van der Waals surface area (Å²) in [6.07, 6.45) is 4.25. The first-order chi connectivity index (χ1) is 15.4. The summed E-state index contributed by atoms with van der Waals surface area (Å²) in [5.74, 6) is 0.923. The molecular weight excluding hydrogens is 376 g/mol. The van der Waals surface area contributed by atoms with Crippen molar-refractivity contribution in [1.82, 2.24) is 9.55 Å².